The lowest BCUT2D eigenvalue weighted by molar-refractivity contribution is 0.0729. The van der Waals surface area contributed by atoms with E-state index >= 15 is 0 Å². The molecule has 0 aliphatic carbocycles. The minimum atomic E-state index is 0.557. The molecule has 2 saturated heterocycles. The Bertz CT molecular complexity index is 679. The van der Waals surface area contributed by atoms with Gasteiger partial charge in [-0.25, -0.2) is 4.98 Å². The molecular formula is C20H24ClN3O. The van der Waals surface area contributed by atoms with E-state index in [2.05, 4.69) is 20.9 Å². The third-order valence-electron chi connectivity index (χ3n) is 5.31. The average molecular weight is 358 g/mol. The number of aromatic nitrogens is 1. The zero-order valence-corrected chi connectivity index (χ0v) is 15.1. The van der Waals surface area contributed by atoms with Gasteiger partial charge in [-0.05, 0) is 37.1 Å². The zero-order valence-electron chi connectivity index (χ0n) is 14.4. The van der Waals surface area contributed by atoms with Gasteiger partial charge in [-0.2, -0.15) is 0 Å². The highest BCUT2D eigenvalue weighted by Gasteiger charge is 2.33. The van der Waals surface area contributed by atoms with Gasteiger partial charge in [0.2, 0.25) is 0 Å². The summed E-state index contributed by atoms with van der Waals surface area (Å²) in [5, 5.41) is 0.557. The van der Waals surface area contributed by atoms with Crippen LogP contribution in [0.15, 0.2) is 48.7 Å². The van der Waals surface area contributed by atoms with Gasteiger partial charge in [0, 0.05) is 38.1 Å². The van der Waals surface area contributed by atoms with Gasteiger partial charge >= 0.3 is 0 Å². The SMILES string of the molecule is Clc1ccc(N2CCN3C[C@H](COc4ccccc4)CC[C@H]3C2)cn1. The van der Waals surface area contributed by atoms with Crippen LogP contribution in [0.2, 0.25) is 5.15 Å². The van der Waals surface area contributed by atoms with Gasteiger partial charge in [-0.15, -0.1) is 0 Å². The molecule has 0 amide bonds. The van der Waals surface area contributed by atoms with Crippen LogP contribution >= 0.6 is 11.6 Å². The summed E-state index contributed by atoms with van der Waals surface area (Å²) in [4.78, 5) is 9.29. The number of hydrogen-bond donors (Lipinski definition) is 0. The van der Waals surface area contributed by atoms with Gasteiger partial charge < -0.3 is 9.64 Å². The molecule has 2 aromatic rings. The maximum Gasteiger partial charge on any atom is 0.129 e. The quantitative estimate of drug-likeness (QED) is 0.780. The van der Waals surface area contributed by atoms with Crippen LogP contribution in [0.1, 0.15) is 12.8 Å². The van der Waals surface area contributed by atoms with Crippen molar-refractivity contribution >= 4 is 17.3 Å². The highest BCUT2D eigenvalue weighted by atomic mass is 35.5. The second kappa shape index (κ2) is 7.63. The molecule has 4 rings (SSSR count). The number of benzene rings is 1. The van der Waals surface area contributed by atoms with Crippen LogP contribution in [0.5, 0.6) is 5.75 Å². The van der Waals surface area contributed by atoms with Crippen molar-refractivity contribution in [3.05, 3.63) is 53.8 Å². The molecule has 25 heavy (non-hydrogen) atoms. The fourth-order valence-corrected chi connectivity index (χ4v) is 4.03. The number of halogens is 1. The normalized spacial score (nSPS) is 24.0. The Morgan fingerprint density at radius 2 is 1.92 bits per heavy atom. The third kappa shape index (κ3) is 4.07. The second-order valence-corrected chi connectivity index (χ2v) is 7.39. The highest BCUT2D eigenvalue weighted by molar-refractivity contribution is 6.29. The molecule has 132 valence electrons. The van der Waals surface area contributed by atoms with E-state index in [0.717, 1.165) is 38.5 Å². The van der Waals surface area contributed by atoms with E-state index in [4.69, 9.17) is 16.3 Å². The predicted octanol–water partition coefficient (Wildman–Crippen LogP) is 3.71. The lowest BCUT2D eigenvalue weighted by atomic mass is 9.91. The van der Waals surface area contributed by atoms with Crippen molar-refractivity contribution in [3.8, 4) is 5.75 Å². The van der Waals surface area contributed by atoms with Crippen LogP contribution in [0.3, 0.4) is 0 Å². The number of nitrogens with zero attached hydrogens (tertiary/aromatic N) is 3. The number of anilines is 1. The van der Waals surface area contributed by atoms with Crippen LogP contribution in [0, 0.1) is 5.92 Å². The van der Waals surface area contributed by atoms with Crippen molar-refractivity contribution in [1.82, 2.24) is 9.88 Å². The van der Waals surface area contributed by atoms with Crippen molar-refractivity contribution in [1.29, 1.82) is 0 Å². The summed E-state index contributed by atoms with van der Waals surface area (Å²) in [7, 11) is 0. The van der Waals surface area contributed by atoms with E-state index in [1.807, 2.05) is 42.6 Å². The Balaban J connectivity index is 1.30. The van der Waals surface area contributed by atoms with Gasteiger partial charge in [0.05, 0.1) is 18.5 Å². The van der Waals surface area contributed by atoms with E-state index in [-0.39, 0.29) is 0 Å². The first-order chi connectivity index (χ1) is 12.3. The average Bonchev–Trinajstić information content (AvgIpc) is 2.67. The fraction of sp³-hybridized carbons (Fsp3) is 0.450. The Labute approximate surface area is 154 Å². The molecule has 2 aliphatic heterocycles. The molecular weight excluding hydrogens is 334 g/mol. The van der Waals surface area contributed by atoms with Gasteiger partial charge in [0.25, 0.3) is 0 Å². The number of hydrogen-bond acceptors (Lipinski definition) is 4. The fourth-order valence-electron chi connectivity index (χ4n) is 3.91. The number of ether oxygens (including phenoxy) is 1. The number of rotatable bonds is 4. The summed E-state index contributed by atoms with van der Waals surface area (Å²) in [5.41, 5.74) is 1.18. The first-order valence-corrected chi connectivity index (χ1v) is 9.44. The van der Waals surface area contributed by atoms with Crippen molar-refractivity contribution in [2.75, 3.05) is 37.7 Å². The van der Waals surface area contributed by atoms with Crippen LogP contribution in [0.25, 0.3) is 0 Å². The summed E-state index contributed by atoms with van der Waals surface area (Å²) in [6.07, 6.45) is 4.36. The molecule has 2 aliphatic rings. The minimum Gasteiger partial charge on any atom is -0.493 e. The first kappa shape index (κ1) is 16.7. The van der Waals surface area contributed by atoms with Crippen LogP contribution in [-0.4, -0.2) is 48.7 Å². The second-order valence-electron chi connectivity index (χ2n) is 7.00. The molecule has 1 aromatic heterocycles. The molecule has 0 bridgehead atoms. The molecule has 2 fully saturated rings. The van der Waals surface area contributed by atoms with Gasteiger partial charge in [0.1, 0.15) is 10.9 Å². The maximum atomic E-state index is 5.97. The van der Waals surface area contributed by atoms with Crippen LogP contribution < -0.4 is 9.64 Å². The van der Waals surface area contributed by atoms with E-state index < -0.39 is 0 Å². The molecule has 0 N–H and O–H groups in total. The number of piperidine rings is 1. The number of pyridine rings is 1. The predicted molar refractivity (Wildman–Crippen MR) is 101 cm³/mol. The lowest BCUT2D eigenvalue weighted by Gasteiger charge is -2.46. The molecule has 3 heterocycles. The van der Waals surface area contributed by atoms with Gasteiger partial charge in [-0.3, -0.25) is 4.90 Å². The largest absolute Gasteiger partial charge is 0.493 e. The van der Waals surface area contributed by atoms with Crippen LogP contribution in [0.4, 0.5) is 5.69 Å². The summed E-state index contributed by atoms with van der Waals surface area (Å²) >= 11 is 5.90. The molecule has 2 atom stereocenters. The topological polar surface area (TPSA) is 28.6 Å². The monoisotopic (exact) mass is 357 g/mol. The number of fused-ring (bicyclic) bond motifs is 1. The molecule has 5 heteroatoms. The lowest BCUT2D eigenvalue weighted by Crippen LogP contribution is -2.57. The smallest absolute Gasteiger partial charge is 0.129 e. The Morgan fingerprint density at radius 3 is 2.72 bits per heavy atom. The van der Waals surface area contributed by atoms with E-state index in [1.165, 1.54) is 18.5 Å². The van der Waals surface area contributed by atoms with Crippen molar-refractivity contribution in [2.45, 2.75) is 18.9 Å². The Morgan fingerprint density at radius 1 is 1.04 bits per heavy atom. The molecule has 1 aromatic carbocycles. The van der Waals surface area contributed by atoms with Crippen molar-refractivity contribution in [3.63, 3.8) is 0 Å². The van der Waals surface area contributed by atoms with Gasteiger partial charge in [-0.1, -0.05) is 29.8 Å². The minimum absolute atomic E-state index is 0.557. The van der Waals surface area contributed by atoms with Crippen molar-refractivity contribution < 1.29 is 4.74 Å². The highest BCUT2D eigenvalue weighted by Crippen LogP contribution is 2.28. The van der Waals surface area contributed by atoms with Crippen LogP contribution in [-0.2, 0) is 0 Å². The van der Waals surface area contributed by atoms with Gasteiger partial charge in [0.15, 0.2) is 0 Å². The Hall–Kier alpha value is -1.78. The van der Waals surface area contributed by atoms with E-state index in [0.29, 0.717) is 17.1 Å². The molecule has 0 radical (unpaired) electrons. The Kier molecular flexibility index (Phi) is 5.09. The molecule has 0 spiro atoms. The standard InChI is InChI=1S/C20H24ClN3O/c21-20-9-8-17(12-22-20)24-11-10-23-13-16(6-7-18(23)14-24)15-25-19-4-2-1-3-5-19/h1-5,8-9,12,16,18H,6-7,10-11,13-15H2/t16-,18+/m1/s1. The first-order valence-electron chi connectivity index (χ1n) is 9.06. The molecule has 0 saturated carbocycles. The van der Waals surface area contributed by atoms with Crippen molar-refractivity contribution in [2.24, 2.45) is 5.92 Å². The third-order valence-corrected chi connectivity index (χ3v) is 5.53. The molecule has 0 unspecified atom stereocenters. The summed E-state index contributed by atoms with van der Waals surface area (Å²) in [5.74, 6) is 1.60. The molecule has 4 nitrogen and oxygen atoms in total. The summed E-state index contributed by atoms with van der Waals surface area (Å²) in [6, 6.07) is 14.7. The van der Waals surface area contributed by atoms with E-state index in [1.54, 1.807) is 0 Å². The number of piperazine rings is 1. The number of para-hydroxylation sites is 1. The van der Waals surface area contributed by atoms with E-state index in [9.17, 15) is 0 Å². The summed E-state index contributed by atoms with van der Waals surface area (Å²) < 4.78 is 5.97. The summed E-state index contributed by atoms with van der Waals surface area (Å²) in [6.45, 7) is 5.19. The zero-order chi connectivity index (χ0) is 17.1. The maximum absolute atomic E-state index is 5.97.